The monoisotopic (exact) mass is 627 g/mol. The highest BCUT2D eigenvalue weighted by atomic mass is 35.5. The van der Waals surface area contributed by atoms with Crippen molar-refractivity contribution in [2.75, 3.05) is 38.1 Å². The number of anilines is 1. The molecule has 3 amide bonds. The molecule has 2 aliphatic rings. The third-order valence-electron chi connectivity index (χ3n) is 9.25. The molecule has 6 rings (SSSR count). The number of para-hydroxylation sites is 1. The summed E-state index contributed by atoms with van der Waals surface area (Å²) in [6.07, 6.45) is 4.28. The maximum absolute atomic E-state index is 14.7. The van der Waals surface area contributed by atoms with Crippen molar-refractivity contribution in [2.24, 2.45) is 5.92 Å². The fourth-order valence-corrected chi connectivity index (χ4v) is 6.97. The minimum Gasteiger partial charge on any atom is -0.490 e. The zero-order valence-corrected chi connectivity index (χ0v) is 26.9. The Bertz CT molecular complexity index is 1650. The van der Waals surface area contributed by atoms with Crippen LogP contribution in [0.25, 0.3) is 10.9 Å². The number of ether oxygens (including phenoxy) is 1. The maximum Gasteiger partial charge on any atom is 0.318 e. The van der Waals surface area contributed by atoms with Crippen molar-refractivity contribution < 1.29 is 14.3 Å². The molecule has 4 aromatic rings. The summed E-state index contributed by atoms with van der Waals surface area (Å²) >= 11 is 6.39. The Hall–Kier alpha value is -4.01. The van der Waals surface area contributed by atoms with Crippen molar-refractivity contribution in [3.63, 3.8) is 0 Å². The van der Waals surface area contributed by atoms with E-state index >= 15 is 0 Å². The average molecular weight is 628 g/mol. The number of carbonyl (C=O) groups excluding carboxylic acids is 2. The number of benzene rings is 3. The minimum atomic E-state index is -0.782. The smallest absolute Gasteiger partial charge is 0.318 e. The van der Waals surface area contributed by atoms with Gasteiger partial charge in [-0.05, 0) is 80.4 Å². The number of piperidine rings is 1. The van der Waals surface area contributed by atoms with Gasteiger partial charge in [-0.1, -0.05) is 54.4 Å². The zero-order valence-electron chi connectivity index (χ0n) is 26.2. The molecule has 0 bridgehead atoms. The lowest BCUT2D eigenvalue weighted by Gasteiger charge is -2.39. The number of aryl methyl sites for hydroxylation is 1. The highest BCUT2D eigenvalue weighted by Crippen LogP contribution is 2.35. The standard InChI is InChI=1S/C36H42ClN5O3/c1-23-8-11-28(12-9-23)45-29-14-16-41(17-15-29)36(44)40-34(24(2)31-21-39-32-7-5-4-6-30(31)32)35(43)42-22-25(20-38-3)18-26-19-27(37)10-13-33(26)42/h4-13,19,21,24-25,29,34,38-39H,14-18,20,22H2,1-3H3,(H,40,44)/t24-,25+,34+/m0/s1. The van der Waals surface area contributed by atoms with E-state index in [9.17, 15) is 9.59 Å². The van der Waals surface area contributed by atoms with Crippen molar-refractivity contribution in [2.45, 2.75) is 51.2 Å². The predicted molar refractivity (Wildman–Crippen MR) is 180 cm³/mol. The predicted octanol–water partition coefficient (Wildman–Crippen LogP) is 6.28. The summed E-state index contributed by atoms with van der Waals surface area (Å²) in [5.74, 6) is 0.655. The van der Waals surface area contributed by atoms with E-state index in [-0.39, 0.29) is 29.9 Å². The van der Waals surface area contributed by atoms with Gasteiger partial charge in [0.1, 0.15) is 17.9 Å². The van der Waals surface area contributed by atoms with E-state index in [2.05, 4.69) is 28.6 Å². The van der Waals surface area contributed by atoms with Gasteiger partial charge in [-0.2, -0.15) is 0 Å². The Balaban J connectivity index is 1.24. The number of hydrogen-bond acceptors (Lipinski definition) is 4. The topological polar surface area (TPSA) is 89.7 Å². The van der Waals surface area contributed by atoms with Crippen LogP contribution in [0.5, 0.6) is 5.75 Å². The molecule has 0 spiro atoms. The van der Waals surface area contributed by atoms with Gasteiger partial charge in [-0.25, -0.2) is 4.79 Å². The van der Waals surface area contributed by atoms with Crippen LogP contribution in [-0.2, 0) is 11.2 Å². The highest BCUT2D eigenvalue weighted by Gasteiger charge is 2.38. The first-order chi connectivity index (χ1) is 21.8. The Morgan fingerprint density at radius 2 is 1.82 bits per heavy atom. The molecule has 45 heavy (non-hydrogen) atoms. The van der Waals surface area contributed by atoms with E-state index in [1.807, 2.05) is 90.6 Å². The van der Waals surface area contributed by atoms with Gasteiger partial charge in [0, 0.05) is 66.2 Å². The van der Waals surface area contributed by atoms with E-state index in [0.717, 1.165) is 59.3 Å². The summed E-state index contributed by atoms with van der Waals surface area (Å²) in [6, 6.07) is 20.8. The molecule has 0 radical (unpaired) electrons. The normalized spacial score (nSPS) is 18.4. The molecule has 1 aromatic heterocycles. The van der Waals surface area contributed by atoms with Crippen molar-refractivity contribution >= 4 is 40.1 Å². The summed E-state index contributed by atoms with van der Waals surface area (Å²) in [7, 11) is 1.93. The fraction of sp³-hybridized carbons (Fsp3) is 0.389. The molecule has 3 heterocycles. The van der Waals surface area contributed by atoms with Crippen molar-refractivity contribution in [1.82, 2.24) is 20.5 Å². The number of likely N-dealkylation sites (tertiary alicyclic amines) is 1. The molecule has 236 valence electrons. The number of carbonyl (C=O) groups is 2. The average Bonchev–Trinajstić information content (AvgIpc) is 3.48. The minimum absolute atomic E-state index is 0.0418. The molecule has 0 aliphatic carbocycles. The summed E-state index contributed by atoms with van der Waals surface area (Å²) in [5, 5.41) is 8.16. The van der Waals surface area contributed by atoms with Crippen LogP contribution < -0.4 is 20.3 Å². The van der Waals surface area contributed by atoms with Gasteiger partial charge in [-0.3, -0.25) is 4.79 Å². The first-order valence-electron chi connectivity index (χ1n) is 15.9. The Labute approximate surface area is 270 Å². The van der Waals surface area contributed by atoms with Crippen LogP contribution >= 0.6 is 11.6 Å². The molecule has 0 saturated carbocycles. The molecule has 3 aromatic carbocycles. The van der Waals surface area contributed by atoms with Crippen molar-refractivity contribution in [3.05, 3.63) is 94.6 Å². The summed E-state index contributed by atoms with van der Waals surface area (Å²) in [5.41, 5.74) is 5.09. The van der Waals surface area contributed by atoms with Gasteiger partial charge >= 0.3 is 6.03 Å². The highest BCUT2D eigenvalue weighted by molar-refractivity contribution is 6.30. The molecule has 1 saturated heterocycles. The summed E-state index contributed by atoms with van der Waals surface area (Å²) in [4.78, 5) is 35.6. The number of nitrogens with one attached hydrogen (secondary N) is 3. The molecule has 1 fully saturated rings. The molecule has 0 unspecified atom stereocenters. The number of fused-ring (bicyclic) bond motifs is 2. The number of urea groups is 1. The number of H-pyrrole nitrogens is 1. The lowest BCUT2D eigenvalue weighted by atomic mass is 9.88. The van der Waals surface area contributed by atoms with E-state index in [1.165, 1.54) is 5.56 Å². The number of amides is 3. The van der Waals surface area contributed by atoms with Crippen molar-refractivity contribution in [1.29, 1.82) is 0 Å². The number of aromatic amines is 1. The van der Waals surface area contributed by atoms with E-state index in [4.69, 9.17) is 16.3 Å². The van der Waals surface area contributed by atoms with Gasteiger partial charge in [0.2, 0.25) is 5.91 Å². The van der Waals surface area contributed by atoms with Crippen LogP contribution in [-0.4, -0.2) is 67.2 Å². The van der Waals surface area contributed by atoms with Crippen LogP contribution in [0, 0.1) is 12.8 Å². The Morgan fingerprint density at radius 1 is 1.07 bits per heavy atom. The van der Waals surface area contributed by atoms with Crippen LogP contribution in [0.4, 0.5) is 10.5 Å². The Kier molecular flexibility index (Phi) is 9.33. The van der Waals surface area contributed by atoms with Gasteiger partial charge < -0.3 is 30.2 Å². The number of aromatic nitrogens is 1. The molecular weight excluding hydrogens is 586 g/mol. The molecule has 2 aliphatic heterocycles. The first-order valence-corrected chi connectivity index (χ1v) is 16.3. The largest absolute Gasteiger partial charge is 0.490 e. The van der Waals surface area contributed by atoms with Gasteiger partial charge in [0.05, 0.1) is 0 Å². The summed E-state index contributed by atoms with van der Waals surface area (Å²) in [6.45, 7) is 6.52. The second-order valence-corrected chi connectivity index (χ2v) is 12.9. The van der Waals surface area contributed by atoms with Crippen molar-refractivity contribution in [3.8, 4) is 5.75 Å². The van der Waals surface area contributed by atoms with Gasteiger partial charge in [0.15, 0.2) is 0 Å². The van der Waals surface area contributed by atoms with Gasteiger partial charge in [0.25, 0.3) is 0 Å². The van der Waals surface area contributed by atoms with Crippen LogP contribution in [0.1, 0.15) is 42.4 Å². The van der Waals surface area contributed by atoms with Gasteiger partial charge in [-0.15, -0.1) is 0 Å². The van der Waals surface area contributed by atoms with Crippen LogP contribution in [0.3, 0.4) is 0 Å². The second kappa shape index (κ2) is 13.5. The third-order valence-corrected chi connectivity index (χ3v) is 9.49. The molecule has 3 atom stereocenters. The second-order valence-electron chi connectivity index (χ2n) is 12.5. The number of hydrogen-bond donors (Lipinski definition) is 3. The maximum atomic E-state index is 14.7. The zero-order chi connectivity index (χ0) is 31.5. The SMILES string of the molecule is CNC[C@H]1Cc2cc(Cl)ccc2N(C(=O)[C@H](NC(=O)N2CCC(Oc3ccc(C)cc3)CC2)[C@@H](C)c2c[nH]c3ccccc23)C1. The first kappa shape index (κ1) is 31.0. The van der Waals surface area contributed by atoms with E-state index in [0.29, 0.717) is 24.7 Å². The number of rotatable bonds is 8. The van der Waals surface area contributed by atoms with E-state index in [1.54, 1.807) is 0 Å². The fourth-order valence-electron chi connectivity index (χ4n) is 6.78. The molecule has 9 heteroatoms. The van der Waals surface area contributed by atoms with Crippen LogP contribution in [0.15, 0.2) is 72.9 Å². The van der Waals surface area contributed by atoms with Crippen LogP contribution in [0.2, 0.25) is 5.02 Å². The summed E-state index contributed by atoms with van der Waals surface area (Å²) < 4.78 is 6.20. The lowest BCUT2D eigenvalue weighted by molar-refractivity contribution is -0.121. The number of halogens is 1. The molecule has 3 N–H and O–H groups in total. The molecule has 8 nitrogen and oxygen atoms in total. The quantitative estimate of drug-likeness (QED) is 0.215. The third kappa shape index (κ3) is 6.82. The van der Waals surface area contributed by atoms with E-state index < -0.39 is 6.04 Å². The molecular formula is C36H42ClN5O3. The Morgan fingerprint density at radius 3 is 2.58 bits per heavy atom. The lowest BCUT2D eigenvalue weighted by Crippen LogP contribution is -2.57. The number of nitrogens with zero attached hydrogens (tertiary/aromatic N) is 2.